The van der Waals surface area contributed by atoms with Crippen LogP contribution in [-0.2, 0) is 0 Å². The summed E-state index contributed by atoms with van der Waals surface area (Å²) < 4.78 is 0. The Balaban J connectivity index is 0.00000144. The highest BCUT2D eigenvalue weighted by Gasteiger charge is 2.14. The van der Waals surface area contributed by atoms with E-state index in [2.05, 4.69) is 35.9 Å². The number of nitrogens with one attached hydrogen (secondary N) is 1. The van der Waals surface area contributed by atoms with E-state index in [0.29, 0.717) is 5.92 Å². The molecule has 1 atom stereocenters. The molecule has 3 nitrogen and oxygen atoms in total. The van der Waals surface area contributed by atoms with Crippen molar-refractivity contribution in [2.45, 2.75) is 19.9 Å². The summed E-state index contributed by atoms with van der Waals surface area (Å²) in [5.74, 6) is 1.24. The summed E-state index contributed by atoms with van der Waals surface area (Å²) in [5.41, 5.74) is 8.19. The lowest BCUT2D eigenvalue weighted by atomic mass is 10.1. The van der Waals surface area contributed by atoms with E-state index in [1.165, 1.54) is 0 Å². The van der Waals surface area contributed by atoms with Crippen LogP contribution in [-0.4, -0.2) is 9.97 Å². The summed E-state index contributed by atoms with van der Waals surface area (Å²) in [6.45, 7) is 4.19. The first-order chi connectivity index (χ1) is 7.68. The number of imidazole rings is 1. The molecule has 1 aromatic carbocycles. The number of nitrogens with two attached hydrogens (primary N) is 1. The van der Waals surface area contributed by atoms with Crippen LogP contribution in [0.15, 0.2) is 36.5 Å². The van der Waals surface area contributed by atoms with Gasteiger partial charge in [-0.05, 0) is 11.5 Å². The Bertz CT molecular complexity index is 451. The van der Waals surface area contributed by atoms with Crippen LogP contribution in [0.3, 0.4) is 0 Å². The van der Waals surface area contributed by atoms with Crippen molar-refractivity contribution in [2.24, 2.45) is 11.7 Å². The maximum absolute atomic E-state index is 6.04. The Morgan fingerprint density at radius 2 is 1.82 bits per heavy atom. The SMILES string of the molecule is CC(C)[C@H](N)c1ncc(-c2ccccc2)[nH]1.Cl. The molecule has 0 spiro atoms. The Labute approximate surface area is 108 Å². The van der Waals surface area contributed by atoms with Crippen molar-refractivity contribution in [1.82, 2.24) is 9.97 Å². The van der Waals surface area contributed by atoms with Gasteiger partial charge in [-0.25, -0.2) is 4.98 Å². The fourth-order valence-corrected chi connectivity index (χ4v) is 1.59. The fraction of sp³-hybridized carbons (Fsp3) is 0.308. The zero-order chi connectivity index (χ0) is 11.5. The monoisotopic (exact) mass is 251 g/mol. The van der Waals surface area contributed by atoms with Gasteiger partial charge in [-0.1, -0.05) is 44.2 Å². The predicted molar refractivity (Wildman–Crippen MR) is 73.0 cm³/mol. The van der Waals surface area contributed by atoms with Gasteiger partial charge in [0.15, 0.2) is 0 Å². The van der Waals surface area contributed by atoms with Crippen molar-refractivity contribution in [3.63, 3.8) is 0 Å². The fourth-order valence-electron chi connectivity index (χ4n) is 1.59. The molecule has 0 fully saturated rings. The standard InChI is InChI=1S/C13H17N3.ClH/c1-9(2)12(14)13-15-8-11(16-13)10-6-4-3-5-7-10;/h3-9,12H,14H2,1-2H3,(H,15,16);1H/t12-;/m0./s1. The number of aromatic amines is 1. The lowest BCUT2D eigenvalue weighted by molar-refractivity contribution is 0.494. The third-order valence-corrected chi connectivity index (χ3v) is 2.71. The Hall–Kier alpha value is -1.32. The minimum Gasteiger partial charge on any atom is -0.341 e. The van der Waals surface area contributed by atoms with E-state index in [9.17, 15) is 0 Å². The second kappa shape index (κ2) is 5.84. The highest BCUT2D eigenvalue weighted by atomic mass is 35.5. The number of aromatic nitrogens is 2. The van der Waals surface area contributed by atoms with Crippen molar-refractivity contribution < 1.29 is 0 Å². The Morgan fingerprint density at radius 1 is 1.18 bits per heavy atom. The van der Waals surface area contributed by atoms with Crippen molar-refractivity contribution in [3.05, 3.63) is 42.4 Å². The lowest BCUT2D eigenvalue weighted by Crippen LogP contribution is -2.18. The van der Waals surface area contributed by atoms with Gasteiger partial charge in [0.1, 0.15) is 5.82 Å². The van der Waals surface area contributed by atoms with Crippen LogP contribution in [0.1, 0.15) is 25.7 Å². The van der Waals surface area contributed by atoms with E-state index in [1.807, 2.05) is 24.4 Å². The molecule has 2 rings (SSSR count). The van der Waals surface area contributed by atoms with E-state index in [4.69, 9.17) is 5.73 Å². The van der Waals surface area contributed by atoms with Gasteiger partial charge in [0.25, 0.3) is 0 Å². The zero-order valence-corrected chi connectivity index (χ0v) is 10.9. The molecule has 0 aliphatic heterocycles. The van der Waals surface area contributed by atoms with Gasteiger partial charge in [0, 0.05) is 0 Å². The molecular weight excluding hydrogens is 234 g/mol. The van der Waals surface area contributed by atoms with Gasteiger partial charge in [-0.2, -0.15) is 0 Å². The molecule has 0 radical (unpaired) electrons. The number of nitrogens with zero attached hydrogens (tertiary/aromatic N) is 1. The van der Waals surface area contributed by atoms with Crippen LogP contribution in [0.2, 0.25) is 0 Å². The molecular formula is C13H18ClN3. The summed E-state index contributed by atoms with van der Waals surface area (Å²) in [6.07, 6.45) is 1.84. The molecule has 0 saturated carbocycles. The lowest BCUT2D eigenvalue weighted by Gasteiger charge is -2.12. The molecule has 92 valence electrons. The van der Waals surface area contributed by atoms with Crippen LogP contribution < -0.4 is 5.73 Å². The summed E-state index contributed by atoms with van der Waals surface area (Å²) >= 11 is 0. The minimum atomic E-state index is -0.0301. The van der Waals surface area contributed by atoms with Gasteiger partial charge in [-0.15, -0.1) is 12.4 Å². The largest absolute Gasteiger partial charge is 0.341 e. The predicted octanol–water partition coefficient (Wildman–Crippen LogP) is 3.15. The normalized spacial score (nSPS) is 12.2. The molecule has 2 aromatic rings. The van der Waals surface area contributed by atoms with E-state index >= 15 is 0 Å². The highest BCUT2D eigenvalue weighted by Crippen LogP contribution is 2.21. The smallest absolute Gasteiger partial charge is 0.123 e. The Morgan fingerprint density at radius 3 is 2.41 bits per heavy atom. The van der Waals surface area contributed by atoms with Crippen LogP contribution >= 0.6 is 12.4 Å². The first-order valence-electron chi connectivity index (χ1n) is 5.54. The van der Waals surface area contributed by atoms with E-state index < -0.39 is 0 Å². The third-order valence-electron chi connectivity index (χ3n) is 2.71. The number of rotatable bonds is 3. The highest BCUT2D eigenvalue weighted by molar-refractivity contribution is 5.85. The zero-order valence-electron chi connectivity index (χ0n) is 10.1. The van der Waals surface area contributed by atoms with Crippen molar-refractivity contribution in [1.29, 1.82) is 0 Å². The van der Waals surface area contributed by atoms with E-state index in [-0.39, 0.29) is 18.4 Å². The Kier molecular flexibility index (Phi) is 4.73. The van der Waals surface area contributed by atoms with Crippen LogP contribution in [0.4, 0.5) is 0 Å². The second-order valence-electron chi connectivity index (χ2n) is 4.32. The topological polar surface area (TPSA) is 54.7 Å². The molecule has 17 heavy (non-hydrogen) atoms. The summed E-state index contributed by atoms with van der Waals surface area (Å²) in [5, 5.41) is 0. The molecule has 0 aliphatic carbocycles. The number of benzene rings is 1. The van der Waals surface area contributed by atoms with Gasteiger partial charge in [0.05, 0.1) is 17.9 Å². The third kappa shape index (κ3) is 3.08. The van der Waals surface area contributed by atoms with Crippen molar-refractivity contribution >= 4 is 12.4 Å². The molecule has 0 aliphatic rings. The number of halogens is 1. The van der Waals surface area contributed by atoms with Crippen molar-refractivity contribution in [3.8, 4) is 11.3 Å². The van der Waals surface area contributed by atoms with Gasteiger partial charge in [0.2, 0.25) is 0 Å². The molecule has 0 saturated heterocycles. The molecule has 0 bridgehead atoms. The van der Waals surface area contributed by atoms with E-state index in [0.717, 1.165) is 17.1 Å². The van der Waals surface area contributed by atoms with Crippen LogP contribution in [0, 0.1) is 5.92 Å². The molecule has 0 amide bonds. The first-order valence-corrected chi connectivity index (χ1v) is 5.54. The molecule has 1 aromatic heterocycles. The average Bonchev–Trinajstić information content (AvgIpc) is 2.78. The van der Waals surface area contributed by atoms with E-state index in [1.54, 1.807) is 0 Å². The van der Waals surface area contributed by atoms with Gasteiger partial charge in [-0.3, -0.25) is 0 Å². The molecule has 0 unspecified atom stereocenters. The molecule has 1 heterocycles. The number of hydrogen-bond acceptors (Lipinski definition) is 2. The molecule has 4 heteroatoms. The minimum absolute atomic E-state index is 0. The average molecular weight is 252 g/mol. The summed E-state index contributed by atoms with van der Waals surface area (Å²) in [6, 6.07) is 10.1. The van der Waals surface area contributed by atoms with Gasteiger partial charge < -0.3 is 10.7 Å². The number of H-pyrrole nitrogens is 1. The maximum Gasteiger partial charge on any atom is 0.123 e. The first kappa shape index (κ1) is 13.7. The van der Waals surface area contributed by atoms with Gasteiger partial charge >= 0.3 is 0 Å². The van der Waals surface area contributed by atoms with Crippen molar-refractivity contribution in [2.75, 3.05) is 0 Å². The maximum atomic E-state index is 6.04. The molecule has 3 N–H and O–H groups in total. The second-order valence-corrected chi connectivity index (χ2v) is 4.32. The summed E-state index contributed by atoms with van der Waals surface area (Å²) in [4.78, 5) is 7.61. The van der Waals surface area contributed by atoms with Crippen LogP contribution in [0.5, 0.6) is 0 Å². The van der Waals surface area contributed by atoms with Crippen LogP contribution in [0.25, 0.3) is 11.3 Å². The summed E-state index contributed by atoms with van der Waals surface area (Å²) in [7, 11) is 0. The quantitative estimate of drug-likeness (QED) is 0.881. The number of hydrogen-bond donors (Lipinski definition) is 2.